The summed E-state index contributed by atoms with van der Waals surface area (Å²) >= 11 is 0. The first-order valence-electron chi connectivity index (χ1n) is 4.97. The SMILES string of the molecule is CC1(C2CCCC2)CC(=O)CN1.Cl. The number of Topliss-reactive ketones (excluding diaryl/α,β-unsaturated/α-hetero) is 1. The average molecular weight is 204 g/mol. The van der Waals surface area contributed by atoms with Gasteiger partial charge in [0.15, 0.2) is 0 Å². The maximum Gasteiger partial charge on any atom is 0.148 e. The number of hydrogen-bond acceptors (Lipinski definition) is 2. The fraction of sp³-hybridized carbons (Fsp3) is 0.900. The number of halogens is 1. The molecule has 0 aromatic rings. The van der Waals surface area contributed by atoms with E-state index in [1.165, 1.54) is 25.7 Å². The molecule has 0 spiro atoms. The molecule has 1 saturated carbocycles. The van der Waals surface area contributed by atoms with E-state index >= 15 is 0 Å². The average Bonchev–Trinajstić information content (AvgIpc) is 2.59. The second-order valence-corrected chi connectivity index (χ2v) is 4.47. The van der Waals surface area contributed by atoms with Crippen LogP contribution in [0.15, 0.2) is 0 Å². The van der Waals surface area contributed by atoms with Crippen LogP contribution in [0.5, 0.6) is 0 Å². The van der Waals surface area contributed by atoms with Crippen LogP contribution in [0.2, 0.25) is 0 Å². The predicted molar refractivity (Wildman–Crippen MR) is 55.2 cm³/mol. The van der Waals surface area contributed by atoms with Crippen molar-refractivity contribution in [2.24, 2.45) is 5.92 Å². The second-order valence-electron chi connectivity index (χ2n) is 4.47. The monoisotopic (exact) mass is 203 g/mol. The number of nitrogens with one attached hydrogen (secondary N) is 1. The van der Waals surface area contributed by atoms with E-state index < -0.39 is 0 Å². The summed E-state index contributed by atoms with van der Waals surface area (Å²) in [5.41, 5.74) is 0.146. The van der Waals surface area contributed by atoms with E-state index in [0.717, 1.165) is 12.3 Å². The van der Waals surface area contributed by atoms with Gasteiger partial charge < -0.3 is 5.32 Å². The highest BCUT2D eigenvalue weighted by Crippen LogP contribution is 2.37. The zero-order chi connectivity index (χ0) is 8.60. The predicted octanol–water partition coefficient (Wildman–Crippen LogP) is 1.92. The molecule has 0 aromatic heterocycles. The van der Waals surface area contributed by atoms with Crippen LogP contribution in [-0.4, -0.2) is 17.9 Å². The molecule has 0 amide bonds. The molecule has 0 bridgehead atoms. The first-order valence-corrected chi connectivity index (χ1v) is 4.97. The van der Waals surface area contributed by atoms with Gasteiger partial charge in [-0.15, -0.1) is 12.4 Å². The van der Waals surface area contributed by atoms with E-state index in [-0.39, 0.29) is 17.9 Å². The van der Waals surface area contributed by atoms with Crippen LogP contribution in [0, 0.1) is 5.92 Å². The lowest BCUT2D eigenvalue weighted by Crippen LogP contribution is -2.42. The molecule has 3 heteroatoms. The number of ketones is 1. The van der Waals surface area contributed by atoms with Crippen LogP contribution in [0.4, 0.5) is 0 Å². The number of carbonyl (C=O) groups is 1. The molecule has 1 aliphatic carbocycles. The molecule has 13 heavy (non-hydrogen) atoms. The molecule has 1 aliphatic heterocycles. The lowest BCUT2D eigenvalue weighted by molar-refractivity contribution is -0.116. The number of carbonyl (C=O) groups excluding carboxylic acids is 1. The molecule has 1 N–H and O–H groups in total. The van der Waals surface area contributed by atoms with Gasteiger partial charge in [0.1, 0.15) is 5.78 Å². The Labute approximate surface area is 85.9 Å². The van der Waals surface area contributed by atoms with Gasteiger partial charge in [0.2, 0.25) is 0 Å². The lowest BCUT2D eigenvalue weighted by Gasteiger charge is -2.30. The quantitative estimate of drug-likeness (QED) is 0.706. The summed E-state index contributed by atoms with van der Waals surface area (Å²) < 4.78 is 0. The molecule has 1 atom stereocenters. The van der Waals surface area contributed by atoms with Crippen LogP contribution < -0.4 is 5.32 Å². The topological polar surface area (TPSA) is 29.1 Å². The fourth-order valence-corrected chi connectivity index (χ4v) is 2.69. The van der Waals surface area contributed by atoms with E-state index in [0.29, 0.717) is 12.3 Å². The molecule has 1 unspecified atom stereocenters. The first-order chi connectivity index (χ1) is 5.71. The fourth-order valence-electron chi connectivity index (χ4n) is 2.69. The third-order valence-corrected chi connectivity index (χ3v) is 3.51. The van der Waals surface area contributed by atoms with Gasteiger partial charge in [0, 0.05) is 12.0 Å². The Hall–Kier alpha value is -0.0800. The van der Waals surface area contributed by atoms with Crippen molar-refractivity contribution in [3.8, 4) is 0 Å². The van der Waals surface area contributed by atoms with E-state index in [1.807, 2.05) is 0 Å². The zero-order valence-corrected chi connectivity index (χ0v) is 8.95. The van der Waals surface area contributed by atoms with Gasteiger partial charge in [-0.3, -0.25) is 4.79 Å². The maximum absolute atomic E-state index is 11.2. The summed E-state index contributed by atoms with van der Waals surface area (Å²) in [6.07, 6.45) is 6.11. The minimum atomic E-state index is 0. The Morgan fingerprint density at radius 1 is 1.38 bits per heavy atom. The van der Waals surface area contributed by atoms with Crippen molar-refractivity contribution >= 4 is 18.2 Å². The van der Waals surface area contributed by atoms with Gasteiger partial charge in [0.05, 0.1) is 6.54 Å². The van der Waals surface area contributed by atoms with Crippen molar-refractivity contribution in [1.29, 1.82) is 0 Å². The van der Waals surface area contributed by atoms with Crippen LogP contribution >= 0.6 is 12.4 Å². The van der Waals surface area contributed by atoms with Gasteiger partial charge in [-0.25, -0.2) is 0 Å². The Bertz CT molecular complexity index is 201. The van der Waals surface area contributed by atoms with Crippen molar-refractivity contribution in [1.82, 2.24) is 5.32 Å². The highest BCUT2D eigenvalue weighted by atomic mass is 35.5. The molecule has 1 heterocycles. The first kappa shape index (κ1) is 11.0. The Morgan fingerprint density at radius 3 is 2.46 bits per heavy atom. The highest BCUT2D eigenvalue weighted by Gasteiger charge is 2.41. The minimum Gasteiger partial charge on any atom is -0.304 e. The number of rotatable bonds is 1. The molecule has 2 nitrogen and oxygen atoms in total. The smallest absolute Gasteiger partial charge is 0.148 e. The lowest BCUT2D eigenvalue weighted by atomic mass is 9.83. The normalized spacial score (nSPS) is 35.0. The van der Waals surface area contributed by atoms with Crippen LogP contribution in [0.1, 0.15) is 39.0 Å². The largest absolute Gasteiger partial charge is 0.304 e. The van der Waals surface area contributed by atoms with Crippen LogP contribution in [0.3, 0.4) is 0 Å². The molecule has 2 fully saturated rings. The standard InChI is InChI=1S/C10H17NO.ClH/c1-10(6-9(12)7-11-10)8-4-2-3-5-8;/h8,11H,2-7H2,1H3;1H. The van der Waals surface area contributed by atoms with Gasteiger partial charge in [0.25, 0.3) is 0 Å². The summed E-state index contributed by atoms with van der Waals surface area (Å²) in [5.74, 6) is 1.15. The Kier molecular flexibility index (Phi) is 3.36. The molecular formula is C10H18ClNO. The summed E-state index contributed by atoms with van der Waals surface area (Å²) in [4.78, 5) is 11.2. The van der Waals surface area contributed by atoms with Crippen molar-refractivity contribution in [2.45, 2.75) is 44.6 Å². The van der Waals surface area contributed by atoms with E-state index in [9.17, 15) is 4.79 Å². The third kappa shape index (κ3) is 2.05. The number of hydrogen-bond donors (Lipinski definition) is 1. The zero-order valence-electron chi connectivity index (χ0n) is 8.14. The van der Waals surface area contributed by atoms with Crippen molar-refractivity contribution in [3.05, 3.63) is 0 Å². The summed E-state index contributed by atoms with van der Waals surface area (Å²) in [5, 5.41) is 3.38. The summed E-state index contributed by atoms with van der Waals surface area (Å²) in [6, 6.07) is 0. The summed E-state index contributed by atoms with van der Waals surface area (Å²) in [6.45, 7) is 2.82. The molecular weight excluding hydrogens is 186 g/mol. The van der Waals surface area contributed by atoms with E-state index in [4.69, 9.17) is 0 Å². The van der Waals surface area contributed by atoms with Crippen molar-refractivity contribution in [3.63, 3.8) is 0 Å². The van der Waals surface area contributed by atoms with Crippen molar-refractivity contribution in [2.75, 3.05) is 6.54 Å². The van der Waals surface area contributed by atoms with Crippen molar-refractivity contribution < 1.29 is 4.79 Å². The second kappa shape index (κ2) is 3.97. The molecule has 2 rings (SSSR count). The molecule has 2 aliphatic rings. The minimum absolute atomic E-state index is 0. The van der Waals surface area contributed by atoms with E-state index in [1.54, 1.807) is 0 Å². The summed E-state index contributed by atoms with van der Waals surface area (Å²) in [7, 11) is 0. The van der Waals surface area contributed by atoms with Gasteiger partial charge >= 0.3 is 0 Å². The molecule has 1 saturated heterocycles. The molecule has 76 valence electrons. The third-order valence-electron chi connectivity index (χ3n) is 3.51. The Morgan fingerprint density at radius 2 is 2.00 bits per heavy atom. The Balaban J connectivity index is 0.000000845. The maximum atomic E-state index is 11.2. The van der Waals surface area contributed by atoms with Gasteiger partial charge in [-0.05, 0) is 25.7 Å². The molecule has 0 radical (unpaired) electrons. The van der Waals surface area contributed by atoms with Crippen LogP contribution in [-0.2, 0) is 4.79 Å². The van der Waals surface area contributed by atoms with Gasteiger partial charge in [-0.2, -0.15) is 0 Å². The van der Waals surface area contributed by atoms with Crippen LogP contribution in [0.25, 0.3) is 0 Å². The molecule has 0 aromatic carbocycles. The van der Waals surface area contributed by atoms with E-state index in [2.05, 4.69) is 12.2 Å². The van der Waals surface area contributed by atoms with Gasteiger partial charge in [-0.1, -0.05) is 12.8 Å². The highest BCUT2D eigenvalue weighted by molar-refractivity contribution is 5.85.